The lowest BCUT2D eigenvalue weighted by atomic mass is 10.0. The van der Waals surface area contributed by atoms with Crippen molar-refractivity contribution < 1.29 is 0 Å². The van der Waals surface area contributed by atoms with Crippen LogP contribution >= 0.6 is 0 Å². The average molecular weight is 248 g/mol. The highest BCUT2D eigenvalue weighted by Crippen LogP contribution is 2.24. The van der Waals surface area contributed by atoms with E-state index >= 15 is 0 Å². The van der Waals surface area contributed by atoms with Gasteiger partial charge in [-0.15, -0.1) is 0 Å². The van der Waals surface area contributed by atoms with E-state index in [2.05, 4.69) is 29.1 Å². The number of hydrogen-bond acceptors (Lipinski definition) is 4. The lowest BCUT2D eigenvalue weighted by Gasteiger charge is -2.23. The van der Waals surface area contributed by atoms with Crippen molar-refractivity contribution in [3.63, 3.8) is 0 Å². The predicted octanol–water partition coefficient (Wildman–Crippen LogP) is 2.14. The summed E-state index contributed by atoms with van der Waals surface area (Å²) in [6, 6.07) is 0.284. The molecule has 2 rings (SSSR count). The smallest absolute Gasteiger partial charge is 0.133 e. The first-order valence-corrected chi connectivity index (χ1v) is 7.01. The van der Waals surface area contributed by atoms with Crippen molar-refractivity contribution in [1.29, 1.82) is 0 Å². The molecule has 1 aromatic heterocycles. The van der Waals surface area contributed by atoms with Gasteiger partial charge in [0.05, 0.1) is 0 Å². The average Bonchev–Trinajstić information content (AvgIpc) is 2.61. The van der Waals surface area contributed by atoms with Crippen molar-refractivity contribution in [3.8, 4) is 0 Å². The SMILES string of the molecule is CC(C)C(CN)Nc1ncnc2c1CCCCC2. The number of rotatable bonds is 4. The Kier molecular flexibility index (Phi) is 4.53. The van der Waals surface area contributed by atoms with Crippen LogP contribution in [0.5, 0.6) is 0 Å². The molecule has 0 bridgehead atoms. The van der Waals surface area contributed by atoms with Crippen molar-refractivity contribution in [1.82, 2.24) is 9.97 Å². The third-order valence-electron chi connectivity index (χ3n) is 3.76. The molecule has 1 aromatic rings. The van der Waals surface area contributed by atoms with Gasteiger partial charge in [-0.2, -0.15) is 0 Å². The zero-order chi connectivity index (χ0) is 13.0. The monoisotopic (exact) mass is 248 g/mol. The molecule has 0 aliphatic heterocycles. The second-order valence-corrected chi connectivity index (χ2v) is 5.44. The van der Waals surface area contributed by atoms with Gasteiger partial charge in [0.25, 0.3) is 0 Å². The molecule has 0 aromatic carbocycles. The summed E-state index contributed by atoms with van der Waals surface area (Å²) >= 11 is 0. The Bertz CT molecular complexity index is 389. The van der Waals surface area contributed by atoms with E-state index in [-0.39, 0.29) is 6.04 Å². The van der Waals surface area contributed by atoms with E-state index in [0.29, 0.717) is 12.5 Å². The third-order valence-corrected chi connectivity index (χ3v) is 3.76. The van der Waals surface area contributed by atoms with Crippen LogP contribution in [-0.4, -0.2) is 22.6 Å². The lowest BCUT2D eigenvalue weighted by molar-refractivity contribution is 0.529. The number of hydrogen-bond donors (Lipinski definition) is 2. The summed E-state index contributed by atoms with van der Waals surface area (Å²) in [6.45, 7) is 5.01. The minimum absolute atomic E-state index is 0.284. The number of nitrogens with two attached hydrogens (primary N) is 1. The highest BCUT2D eigenvalue weighted by molar-refractivity contribution is 5.47. The molecule has 1 unspecified atom stereocenters. The van der Waals surface area contributed by atoms with E-state index in [9.17, 15) is 0 Å². The zero-order valence-electron chi connectivity index (χ0n) is 11.4. The van der Waals surface area contributed by atoms with Crippen molar-refractivity contribution in [3.05, 3.63) is 17.6 Å². The van der Waals surface area contributed by atoms with Gasteiger partial charge in [-0.1, -0.05) is 20.3 Å². The Balaban J connectivity index is 2.22. The van der Waals surface area contributed by atoms with Crippen LogP contribution in [0, 0.1) is 5.92 Å². The summed E-state index contributed by atoms with van der Waals surface area (Å²) in [5.41, 5.74) is 8.36. The predicted molar refractivity (Wildman–Crippen MR) is 74.6 cm³/mol. The minimum Gasteiger partial charge on any atom is -0.365 e. The van der Waals surface area contributed by atoms with Gasteiger partial charge in [0.2, 0.25) is 0 Å². The Hall–Kier alpha value is -1.16. The molecule has 1 atom stereocenters. The van der Waals surface area contributed by atoms with Crippen molar-refractivity contribution in [2.45, 2.75) is 52.0 Å². The van der Waals surface area contributed by atoms with Crippen LogP contribution < -0.4 is 11.1 Å². The quantitative estimate of drug-likeness (QED) is 0.801. The largest absolute Gasteiger partial charge is 0.365 e. The Morgan fingerprint density at radius 3 is 2.72 bits per heavy atom. The fraction of sp³-hybridized carbons (Fsp3) is 0.714. The van der Waals surface area contributed by atoms with Crippen LogP contribution in [0.3, 0.4) is 0 Å². The van der Waals surface area contributed by atoms with Gasteiger partial charge in [0.1, 0.15) is 12.1 Å². The molecule has 0 spiro atoms. The molecule has 0 amide bonds. The number of anilines is 1. The summed E-state index contributed by atoms with van der Waals surface area (Å²) in [5, 5.41) is 3.51. The number of fused-ring (bicyclic) bond motifs is 1. The minimum atomic E-state index is 0.284. The zero-order valence-corrected chi connectivity index (χ0v) is 11.4. The maximum atomic E-state index is 5.82. The van der Waals surface area contributed by atoms with Crippen molar-refractivity contribution >= 4 is 5.82 Å². The molecule has 0 saturated carbocycles. The fourth-order valence-corrected chi connectivity index (χ4v) is 2.50. The van der Waals surface area contributed by atoms with Crippen molar-refractivity contribution in [2.75, 3.05) is 11.9 Å². The molecule has 4 heteroatoms. The summed E-state index contributed by atoms with van der Waals surface area (Å²) in [5.74, 6) is 1.51. The topological polar surface area (TPSA) is 63.8 Å². The molecule has 0 fully saturated rings. The summed E-state index contributed by atoms with van der Waals surface area (Å²) in [4.78, 5) is 8.86. The summed E-state index contributed by atoms with van der Waals surface area (Å²) < 4.78 is 0. The van der Waals surface area contributed by atoms with Gasteiger partial charge >= 0.3 is 0 Å². The Morgan fingerprint density at radius 2 is 2.00 bits per heavy atom. The number of aromatic nitrogens is 2. The van der Waals surface area contributed by atoms with E-state index in [1.165, 1.54) is 30.5 Å². The second-order valence-electron chi connectivity index (χ2n) is 5.44. The van der Waals surface area contributed by atoms with Gasteiger partial charge in [-0.25, -0.2) is 9.97 Å². The first-order valence-electron chi connectivity index (χ1n) is 7.01. The molecular formula is C14H24N4. The van der Waals surface area contributed by atoms with E-state index < -0.39 is 0 Å². The van der Waals surface area contributed by atoms with E-state index in [4.69, 9.17) is 5.73 Å². The Morgan fingerprint density at radius 1 is 1.22 bits per heavy atom. The first kappa shape index (κ1) is 13.3. The molecule has 1 heterocycles. The van der Waals surface area contributed by atoms with Gasteiger partial charge in [0, 0.05) is 23.8 Å². The van der Waals surface area contributed by atoms with Gasteiger partial charge < -0.3 is 11.1 Å². The summed E-state index contributed by atoms with van der Waals surface area (Å²) in [6.07, 6.45) is 7.63. The Labute approximate surface area is 109 Å². The number of aryl methyl sites for hydroxylation is 1. The standard InChI is InChI=1S/C14H24N4/c1-10(2)13(8-15)18-14-11-6-4-3-5-7-12(11)16-9-17-14/h9-10,13H,3-8,15H2,1-2H3,(H,16,17,18). The van der Waals surface area contributed by atoms with Crippen LogP contribution in [0.4, 0.5) is 5.82 Å². The molecular weight excluding hydrogens is 224 g/mol. The summed E-state index contributed by atoms with van der Waals surface area (Å²) in [7, 11) is 0. The third kappa shape index (κ3) is 2.99. The molecule has 0 radical (unpaired) electrons. The van der Waals surface area contributed by atoms with Crippen LogP contribution in [0.25, 0.3) is 0 Å². The van der Waals surface area contributed by atoms with Crippen LogP contribution in [-0.2, 0) is 12.8 Å². The maximum absolute atomic E-state index is 5.82. The van der Waals surface area contributed by atoms with Gasteiger partial charge in [-0.3, -0.25) is 0 Å². The van der Waals surface area contributed by atoms with Crippen LogP contribution in [0.15, 0.2) is 6.33 Å². The molecule has 1 aliphatic carbocycles. The molecule has 18 heavy (non-hydrogen) atoms. The fourth-order valence-electron chi connectivity index (χ4n) is 2.50. The molecule has 0 saturated heterocycles. The molecule has 1 aliphatic rings. The number of nitrogens with zero attached hydrogens (tertiary/aromatic N) is 2. The normalized spacial score (nSPS) is 17.1. The van der Waals surface area contributed by atoms with Crippen molar-refractivity contribution in [2.24, 2.45) is 11.7 Å². The highest BCUT2D eigenvalue weighted by Gasteiger charge is 2.18. The maximum Gasteiger partial charge on any atom is 0.133 e. The van der Waals surface area contributed by atoms with E-state index in [1.807, 2.05) is 0 Å². The highest BCUT2D eigenvalue weighted by atomic mass is 15.1. The lowest BCUT2D eigenvalue weighted by Crippen LogP contribution is -2.34. The van der Waals surface area contributed by atoms with E-state index in [1.54, 1.807) is 6.33 Å². The van der Waals surface area contributed by atoms with Gasteiger partial charge in [0.15, 0.2) is 0 Å². The molecule has 100 valence electrons. The second kappa shape index (κ2) is 6.14. The van der Waals surface area contributed by atoms with Gasteiger partial charge in [-0.05, 0) is 31.6 Å². The van der Waals surface area contributed by atoms with Crippen LogP contribution in [0.2, 0.25) is 0 Å². The molecule has 4 nitrogen and oxygen atoms in total. The molecule has 3 N–H and O–H groups in total. The van der Waals surface area contributed by atoms with Crippen LogP contribution in [0.1, 0.15) is 44.4 Å². The van der Waals surface area contributed by atoms with E-state index in [0.717, 1.165) is 18.7 Å². The number of nitrogens with one attached hydrogen (secondary N) is 1. The first-order chi connectivity index (χ1) is 8.72.